The quantitative estimate of drug-likeness (QED) is 0.155. The van der Waals surface area contributed by atoms with Crippen LogP contribution in [0.15, 0.2) is 77.7 Å². The fourth-order valence-electron chi connectivity index (χ4n) is 6.32. The van der Waals surface area contributed by atoms with Gasteiger partial charge in [-0.15, -0.1) is 0 Å². The van der Waals surface area contributed by atoms with Crippen LogP contribution in [0.4, 0.5) is 5.69 Å². The Bertz CT molecular complexity index is 1590. The van der Waals surface area contributed by atoms with Crippen molar-refractivity contribution in [1.29, 1.82) is 0 Å². The summed E-state index contributed by atoms with van der Waals surface area (Å²) in [4.78, 5) is 29.2. The van der Waals surface area contributed by atoms with Crippen molar-refractivity contribution >= 4 is 27.4 Å². The van der Waals surface area contributed by atoms with Crippen molar-refractivity contribution in [2.45, 2.75) is 75.8 Å². The minimum Gasteiger partial charge on any atom is -0.497 e. The van der Waals surface area contributed by atoms with E-state index in [0.717, 1.165) is 31.2 Å². The van der Waals surface area contributed by atoms with Crippen LogP contribution in [0, 0.1) is 11.8 Å². The molecule has 0 spiro atoms. The van der Waals surface area contributed by atoms with Crippen molar-refractivity contribution in [2.24, 2.45) is 11.8 Å². The first-order chi connectivity index (χ1) is 22.4. The monoisotopic (exact) mass is 663 g/mol. The van der Waals surface area contributed by atoms with E-state index in [1.165, 1.54) is 30.0 Å². The zero-order chi connectivity index (χ0) is 34.1. The summed E-state index contributed by atoms with van der Waals surface area (Å²) in [6.07, 6.45) is 4.39. The second-order valence-electron chi connectivity index (χ2n) is 13.1. The summed E-state index contributed by atoms with van der Waals surface area (Å²) in [5, 5.41) is 11.7. The molecule has 1 saturated carbocycles. The van der Waals surface area contributed by atoms with Crippen molar-refractivity contribution in [3.05, 3.63) is 89.5 Å². The molecule has 0 saturated heterocycles. The summed E-state index contributed by atoms with van der Waals surface area (Å²) in [5.74, 6) is -0.546. The van der Waals surface area contributed by atoms with Crippen LogP contribution in [0.5, 0.6) is 5.75 Å². The zero-order valence-electron chi connectivity index (χ0n) is 28.0. The average molecular weight is 664 g/mol. The second kappa shape index (κ2) is 16.4. The summed E-state index contributed by atoms with van der Waals surface area (Å²) in [7, 11) is -0.652. The highest BCUT2D eigenvalue weighted by molar-refractivity contribution is 7.89. The van der Waals surface area contributed by atoms with Crippen molar-refractivity contribution in [3.63, 3.8) is 0 Å². The summed E-state index contributed by atoms with van der Waals surface area (Å²) in [6, 6.07) is 20.6. The third-order valence-corrected chi connectivity index (χ3v) is 10.8. The van der Waals surface area contributed by atoms with Crippen LogP contribution in [0.25, 0.3) is 0 Å². The molecule has 254 valence electrons. The van der Waals surface area contributed by atoms with E-state index in [2.05, 4.69) is 0 Å². The van der Waals surface area contributed by atoms with E-state index in [4.69, 9.17) is 10.5 Å². The molecule has 0 unspecified atom stereocenters. The van der Waals surface area contributed by atoms with Gasteiger partial charge in [0, 0.05) is 49.4 Å². The molecule has 3 N–H and O–H groups in total. The van der Waals surface area contributed by atoms with Gasteiger partial charge in [0.25, 0.3) is 5.91 Å². The average Bonchev–Trinajstić information content (AvgIpc) is 3.07. The van der Waals surface area contributed by atoms with Crippen LogP contribution in [-0.2, 0) is 16.4 Å². The molecular weight excluding hydrogens is 614 g/mol. The van der Waals surface area contributed by atoms with Crippen LogP contribution in [0.3, 0.4) is 0 Å². The lowest BCUT2D eigenvalue weighted by molar-refractivity contribution is 0.0688. The van der Waals surface area contributed by atoms with E-state index in [9.17, 15) is 23.1 Å². The van der Waals surface area contributed by atoms with E-state index in [-0.39, 0.29) is 48.1 Å². The molecule has 3 aromatic carbocycles. The molecule has 9 nitrogen and oxygen atoms in total. The number of ether oxygens (including phenoxy) is 1. The van der Waals surface area contributed by atoms with Gasteiger partial charge in [0.05, 0.1) is 18.1 Å². The van der Waals surface area contributed by atoms with Crippen LogP contribution < -0.4 is 10.5 Å². The maximum atomic E-state index is 13.9. The molecule has 4 rings (SSSR count). The summed E-state index contributed by atoms with van der Waals surface area (Å²) < 4.78 is 34.1. The molecule has 1 aliphatic carbocycles. The number of rotatable bonds is 15. The number of methoxy groups -OCH3 is 1. The number of ketones is 1. The lowest BCUT2D eigenvalue weighted by atomic mass is 9.87. The second-order valence-corrected chi connectivity index (χ2v) is 15.0. The summed E-state index contributed by atoms with van der Waals surface area (Å²) in [5.41, 5.74) is 8.08. The number of benzene rings is 3. The fourth-order valence-corrected chi connectivity index (χ4v) is 7.95. The molecular formula is C37H49N3O6S. The first kappa shape index (κ1) is 36.1. The minimum atomic E-state index is -3.97. The number of carbonyl (C=O) groups excluding carboxylic acids is 2. The largest absolute Gasteiger partial charge is 0.497 e. The van der Waals surface area contributed by atoms with Gasteiger partial charge in [-0.2, -0.15) is 4.31 Å². The number of amides is 1. The third-order valence-electron chi connectivity index (χ3n) is 8.96. The standard InChI is InChI=1S/C37H49N3O6S/c1-26(2)24-40(47(44,45)34-17-15-33(46-4)16-18-34)25-36(42)28(19-27-11-7-5-8-12-27)23-35(41)29-20-30(22-31(38)21-29)37(43)39(3)32-13-9-6-10-14-32/h5,7-8,11-12,15-18,20-22,26,28,32,36,42H,6,9-10,13-14,19,23-25,38H2,1-4H3/t28-,36-/m1/s1. The first-order valence-corrected chi connectivity index (χ1v) is 17.9. The summed E-state index contributed by atoms with van der Waals surface area (Å²) in [6.45, 7) is 3.83. The number of anilines is 1. The predicted octanol–water partition coefficient (Wildman–Crippen LogP) is 5.82. The van der Waals surface area contributed by atoms with Gasteiger partial charge in [-0.3, -0.25) is 9.59 Å². The van der Waals surface area contributed by atoms with Crippen LogP contribution >= 0.6 is 0 Å². The first-order valence-electron chi connectivity index (χ1n) is 16.5. The van der Waals surface area contributed by atoms with Crippen molar-refractivity contribution in [2.75, 3.05) is 33.0 Å². The van der Waals surface area contributed by atoms with Crippen molar-refractivity contribution in [3.8, 4) is 5.75 Å². The van der Waals surface area contributed by atoms with E-state index in [1.54, 1.807) is 42.3 Å². The Kier molecular flexibility index (Phi) is 12.6. The number of carbonyl (C=O) groups is 2. The van der Waals surface area contributed by atoms with E-state index < -0.39 is 22.0 Å². The molecule has 1 fully saturated rings. The Labute approximate surface area is 279 Å². The van der Waals surface area contributed by atoms with Gasteiger partial charge in [-0.05, 0) is 79.1 Å². The number of aliphatic hydroxyl groups is 1. The van der Waals surface area contributed by atoms with Crippen molar-refractivity contribution in [1.82, 2.24) is 9.21 Å². The molecule has 1 amide bonds. The molecule has 0 aliphatic heterocycles. The highest BCUT2D eigenvalue weighted by atomic mass is 32.2. The van der Waals surface area contributed by atoms with Gasteiger partial charge < -0.3 is 20.5 Å². The SMILES string of the molecule is COc1ccc(S(=O)(=O)N(CC(C)C)C[C@@H](O)[C@@H](CC(=O)c2cc(N)cc(C(=O)N(C)C3CCCCC3)c2)Cc2ccccc2)cc1. The number of nitrogens with zero attached hydrogens (tertiary/aromatic N) is 2. The Morgan fingerprint density at radius 2 is 1.57 bits per heavy atom. The van der Waals surface area contributed by atoms with Gasteiger partial charge in [0.1, 0.15) is 5.75 Å². The minimum absolute atomic E-state index is 0.0144. The number of Topliss-reactive ketones (excluding diaryl/α,β-unsaturated/α-hetero) is 1. The maximum Gasteiger partial charge on any atom is 0.253 e. The van der Waals surface area contributed by atoms with Crippen LogP contribution in [0.2, 0.25) is 0 Å². The smallest absolute Gasteiger partial charge is 0.253 e. The van der Waals surface area contributed by atoms with E-state index in [0.29, 0.717) is 29.0 Å². The molecule has 3 aromatic rings. The third kappa shape index (κ3) is 9.65. The molecule has 0 aromatic heterocycles. The molecule has 0 radical (unpaired) electrons. The Hall–Kier alpha value is -3.73. The summed E-state index contributed by atoms with van der Waals surface area (Å²) >= 11 is 0. The maximum absolute atomic E-state index is 13.9. The van der Waals surface area contributed by atoms with Crippen molar-refractivity contribution < 1.29 is 27.9 Å². The number of nitrogen functional groups attached to an aromatic ring is 1. The fraction of sp³-hybridized carbons (Fsp3) is 0.459. The molecule has 0 bridgehead atoms. The zero-order valence-corrected chi connectivity index (χ0v) is 28.8. The molecule has 2 atom stereocenters. The van der Waals surface area contributed by atoms with Gasteiger partial charge >= 0.3 is 0 Å². The van der Waals surface area contributed by atoms with Crippen LogP contribution in [0.1, 0.15) is 78.7 Å². The Morgan fingerprint density at radius 1 is 0.936 bits per heavy atom. The lowest BCUT2D eigenvalue weighted by Gasteiger charge is -2.31. The molecule has 1 aliphatic rings. The van der Waals surface area contributed by atoms with E-state index in [1.807, 2.05) is 44.2 Å². The highest BCUT2D eigenvalue weighted by Crippen LogP contribution is 2.27. The normalized spacial score (nSPS) is 15.4. The van der Waals surface area contributed by atoms with Crippen LogP contribution in [-0.4, -0.2) is 73.8 Å². The number of aliphatic hydroxyl groups excluding tert-OH is 1. The van der Waals surface area contributed by atoms with Gasteiger partial charge in [-0.25, -0.2) is 8.42 Å². The number of sulfonamides is 1. The predicted molar refractivity (Wildman–Crippen MR) is 185 cm³/mol. The van der Waals surface area contributed by atoms with Gasteiger partial charge in [0.2, 0.25) is 10.0 Å². The number of nitrogens with two attached hydrogens (primary N) is 1. The van der Waals surface area contributed by atoms with Gasteiger partial charge in [-0.1, -0.05) is 63.4 Å². The lowest BCUT2D eigenvalue weighted by Crippen LogP contribution is -2.43. The van der Waals surface area contributed by atoms with E-state index >= 15 is 0 Å². The number of hydrogen-bond donors (Lipinski definition) is 2. The molecule has 47 heavy (non-hydrogen) atoms. The topological polar surface area (TPSA) is 130 Å². The molecule has 10 heteroatoms. The van der Waals surface area contributed by atoms with Gasteiger partial charge in [0.15, 0.2) is 5.78 Å². The molecule has 0 heterocycles. The number of hydrogen-bond acceptors (Lipinski definition) is 7. The Morgan fingerprint density at radius 3 is 2.19 bits per heavy atom. The highest BCUT2D eigenvalue weighted by Gasteiger charge is 2.32. The Balaban J connectivity index is 1.59.